The zero-order chi connectivity index (χ0) is 13.1. The number of benzene rings is 2. The highest BCUT2D eigenvalue weighted by Gasteiger charge is 2.15. The minimum absolute atomic E-state index is 0.0545. The third-order valence-electron chi connectivity index (χ3n) is 2.82. The Kier molecular flexibility index (Phi) is 3.92. The van der Waals surface area contributed by atoms with Crippen LogP contribution >= 0.6 is 11.8 Å². The Morgan fingerprint density at radius 3 is 2.44 bits per heavy atom. The summed E-state index contributed by atoms with van der Waals surface area (Å²) in [5, 5.41) is 2.39. The molecule has 3 heteroatoms. The number of hydrogen-bond donors (Lipinski definition) is 0. The zero-order valence-electron chi connectivity index (χ0n) is 10.9. The molecule has 0 saturated heterocycles. The van der Waals surface area contributed by atoms with Gasteiger partial charge in [0.05, 0.1) is 5.25 Å². The van der Waals surface area contributed by atoms with Gasteiger partial charge in [-0.25, -0.2) is 0 Å². The van der Waals surface area contributed by atoms with E-state index in [-0.39, 0.29) is 11.2 Å². The fourth-order valence-corrected chi connectivity index (χ4v) is 2.92. The van der Waals surface area contributed by atoms with Gasteiger partial charge in [-0.1, -0.05) is 30.3 Å². The van der Waals surface area contributed by atoms with Crippen LogP contribution in [0.5, 0.6) is 0 Å². The van der Waals surface area contributed by atoms with Crippen molar-refractivity contribution in [3.8, 4) is 0 Å². The molecule has 1 unspecified atom stereocenters. The first kappa shape index (κ1) is 13.0. The van der Waals surface area contributed by atoms with Gasteiger partial charge >= 0.3 is 0 Å². The summed E-state index contributed by atoms with van der Waals surface area (Å²) in [5.41, 5.74) is 0. The molecule has 0 heterocycles. The molecule has 0 fully saturated rings. The van der Waals surface area contributed by atoms with Crippen molar-refractivity contribution in [1.82, 2.24) is 4.90 Å². The third kappa shape index (κ3) is 2.85. The van der Waals surface area contributed by atoms with Gasteiger partial charge in [0, 0.05) is 19.0 Å². The van der Waals surface area contributed by atoms with E-state index in [2.05, 4.69) is 30.3 Å². The minimum atomic E-state index is -0.0545. The maximum Gasteiger partial charge on any atom is 0.235 e. The molecule has 1 amide bonds. The molecule has 0 N–H and O–H groups in total. The van der Waals surface area contributed by atoms with Crippen molar-refractivity contribution in [1.29, 1.82) is 0 Å². The van der Waals surface area contributed by atoms with Crippen LogP contribution in [0, 0.1) is 0 Å². The van der Waals surface area contributed by atoms with Gasteiger partial charge in [-0.2, -0.15) is 0 Å². The van der Waals surface area contributed by atoms with Crippen molar-refractivity contribution >= 4 is 28.4 Å². The van der Waals surface area contributed by atoms with Gasteiger partial charge in [-0.3, -0.25) is 4.79 Å². The van der Waals surface area contributed by atoms with E-state index >= 15 is 0 Å². The average molecular weight is 259 g/mol. The number of carbonyl (C=O) groups is 1. The lowest BCUT2D eigenvalue weighted by atomic mass is 10.1. The van der Waals surface area contributed by atoms with E-state index in [1.807, 2.05) is 19.1 Å². The molecule has 18 heavy (non-hydrogen) atoms. The van der Waals surface area contributed by atoms with Gasteiger partial charge in [0.15, 0.2) is 0 Å². The number of rotatable bonds is 3. The van der Waals surface area contributed by atoms with Crippen molar-refractivity contribution in [2.45, 2.75) is 17.1 Å². The largest absolute Gasteiger partial charge is 0.348 e. The molecular formula is C15H17NOS. The molecule has 0 bridgehead atoms. The Labute approximate surface area is 112 Å². The molecule has 0 aliphatic heterocycles. The van der Waals surface area contributed by atoms with E-state index in [1.165, 1.54) is 10.8 Å². The summed E-state index contributed by atoms with van der Waals surface area (Å²) in [7, 11) is 3.58. The number of nitrogens with zero attached hydrogens (tertiary/aromatic N) is 1. The van der Waals surface area contributed by atoms with Crippen molar-refractivity contribution in [2.24, 2.45) is 0 Å². The fraction of sp³-hybridized carbons (Fsp3) is 0.267. The van der Waals surface area contributed by atoms with Crippen LogP contribution in [0.25, 0.3) is 10.8 Å². The molecule has 1 atom stereocenters. The highest BCUT2D eigenvalue weighted by Crippen LogP contribution is 2.27. The van der Waals surface area contributed by atoms with Gasteiger partial charge in [0.2, 0.25) is 5.91 Å². The zero-order valence-corrected chi connectivity index (χ0v) is 11.7. The van der Waals surface area contributed by atoms with Crippen molar-refractivity contribution < 1.29 is 4.79 Å². The molecular weight excluding hydrogens is 242 g/mol. The van der Waals surface area contributed by atoms with Crippen LogP contribution in [0.15, 0.2) is 47.4 Å². The van der Waals surface area contributed by atoms with Crippen LogP contribution in [-0.2, 0) is 4.79 Å². The van der Waals surface area contributed by atoms with Crippen molar-refractivity contribution in [2.75, 3.05) is 14.1 Å². The highest BCUT2D eigenvalue weighted by atomic mass is 32.2. The quantitative estimate of drug-likeness (QED) is 0.787. The molecule has 0 spiro atoms. The Balaban J connectivity index is 2.19. The maximum atomic E-state index is 11.8. The molecule has 2 aromatic rings. The van der Waals surface area contributed by atoms with Crippen LogP contribution in [0.2, 0.25) is 0 Å². The predicted molar refractivity (Wildman–Crippen MR) is 78.0 cm³/mol. The summed E-state index contributed by atoms with van der Waals surface area (Å²) >= 11 is 1.60. The lowest BCUT2D eigenvalue weighted by Gasteiger charge is -2.16. The van der Waals surface area contributed by atoms with E-state index in [0.717, 1.165) is 4.90 Å². The van der Waals surface area contributed by atoms with Gasteiger partial charge in [0.1, 0.15) is 0 Å². The lowest BCUT2D eigenvalue weighted by molar-refractivity contribution is -0.127. The standard InChI is InChI=1S/C15H17NOS/c1-11(15(17)16(2)3)18-14-9-8-12-6-4-5-7-13(12)10-14/h4-11H,1-3H3. The number of carbonyl (C=O) groups excluding carboxylic acids is 1. The van der Waals surface area contributed by atoms with E-state index in [0.29, 0.717) is 0 Å². The first-order chi connectivity index (χ1) is 8.58. The van der Waals surface area contributed by atoms with E-state index < -0.39 is 0 Å². The van der Waals surface area contributed by atoms with Crippen LogP contribution in [0.4, 0.5) is 0 Å². The summed E-state index contributed by atoms with van der Waals surface area (Å²) in [4.78, 5) is 14.6. The summed E-state index contributed by atoms with van der Waals surface area (Å²) in [6.45, 7) is 1.95. The normalized spacial score (nSPS) is 12.4. The summed E-state index contributed by atoms with van der Waals surface area (Å²) in [6.07, 6.45) is 0. The maximum absolute atomic E-state index is 11.8. The van der Waals surface area contributed by atoms with E-state index in [4.69, 9.17) is 0 Å². The Morgan fingerprint density at radius 1 is 1.11 bits per heavy atom. The summed E-state index contributed by atoms with van der Waals surface area (Å²) < 4.78 is 0. The summed E-state index contributed by atoms with van der Waals surface area (Å²) in [6, 6.07) is 14.6. The molecule has 0 aliphatic rings. The Bertz CT molecular complexity index is 565. The first-order valence-corrected chi connectivity index (χ1v) is 6.82. The van der Waals surface area contributed by atoms with Gasteiger partial charge < -0.3 is 4.90 Å². The number of fused-ring (bicyclic) bond motifs is 1. The topological polar surface area (TPSA) is 20.3 Å². The average Bonchev–Trinajstić information content (AvgIpc) is 2.37. The monoisotopic (exact) mass is 259 g/mol. The van der Waals surface area contributed by atoms with Crippen LogP contribution in [0.3, 0.4) is 0 Å². The van der Waals surface area contributed by atoms with Crippen LogP contribution < -0.4 is 0 Å². The molecule has 2 rings (SSSR count). The van der Waals surface area contributed by atoms with Gasteiger partial charge in [-0.05, 0) is 29.8 Å². The van der Waals surface area contributed by atoms with Crippen molar-refractivity contribution in [3.63, 3.8) is 0 Å². The summed E-state index contributed by atoms with van der Waals surface area (Å²) in [5.74, 6) is 0.146. The molecule has 0 radical (unpaired) electrons. The molecule has 0 aromatic heterocycles. The van der Waals surface area contributed by atoms with Gasteiger partial charge in [-0.15, -0.1) is 11.8 Å². The molecule has 0 saturated carbocycles. The second kappa shape index (κ2) is 5.44. The lowest BCUT2D eigenvalue weighted by Crippen LogP contribution is -2.29. The second-order valence-corrected chi connectivity index (χ2v) is 5.92. The van der Waals surface area contributed by atoms with E-state index in [1.54, 1.807) is 30.8 Å². The third-order valence-corrected chi connectivity index (χ3v) is 3.90. The number of amides is 1. The van der Waals surface area contributed by atoms with Gasteiger partial charge in [0.25, 0.3) is 0 Å². The SMILES string of the molecule is CC(Sc1ccc2ccccc2c1)C(=O)N(C)C. The molecule has 94 valence electrons. The van der Waals surface area contributed by atoms with Crippen LogP contribution in [0.1, 0.15) is 6.92 Å². The van der Waals surface area contributed by atoms with Crippen LogP contribution in [-0.4, -0.2) is 30.2 Å². The first-order valence-electron chi connectivity index (χ1n) is 5.94. The minimum Gasteiger partial charge on any atom is -0.348 e. The highest BCUT2D eigenvalue weighted by molar-refractivity contribution is 8.00. The Hall–Kier alpha value is -1.48. The molecule has 2 aromatic carbocycles. The van der Waals surface area contributed by atoms with E-state index in [9.17, 15) is 4.79 Å². The molecule has 0 aliphatic carbocycles. The van der Waals surface area contributed by atoms with Crippen molar-refractivity contribution in [3.05, 3.63) is 42.5 Å². The molecule has 2 nitrogen and oxygen atoms in total. The Morgan fingerprint density at radius 2 is 1.78 bits per heavy atom. The second-order valence-electron chi connectivity index (χ2n) is 4.50. The number of hydrogen-bond acceptors (Lipinski definition) is 2. The fourth-order valence-electron chi connectivity index (χ4n) is 1.86. The number of thioether (sulfide) groups is 1. The smallest absolute Gasteiger partial charge is 0.235 e. The predicted octanol–water partition coefficient (Wildman–Crippen LogP) is 3.41.